The summed E-state index contributed by atoms with van der Waals surface area (Å²) in [4.78, 5) is 15.5. The molecular weight excluding hydrogens is 691 g/mol. The minimum Gasteiger partial charge on any atom is -0.208 e. The van der Waals surface area contributed by atoms with Gasteiger partial charge in [0.05, 0.1) is 5.41 Å². The summed E-state index contributed by atoms with van der Waals surface area (Å²) in [7, 11) is 0. The van der Waals surface area contributed by atoms with E-state index in [1.54, 1.807) is 0 Å². The first kappa shape index (κ1) is 31.8. The van der Waals surface area contributed by atoms with Crippen LogP contribution in [0.25, 0.3) is 89.1 Å². The van der Waals surface area contributed by atoms with Crippen LogP contribution in [0.4, 0.5) is 0 Å². The van der Waals surface area contributed by atoms with Crippen molar-refractivity contribution in [2.45, 2.75) is 5.41 Å². The van der Waals surface area contributed by atoms with Crippen molar-refractivity contribution >= 4 is 21.5 Å². The first-order chi connectivity index (χ1) is 28.3. The van der Waals surface area contributed by atoms with E-state index in [2.05, 4.69) is 164 Å². The molecular formula is C54H33N3. The highest BCUT2D eigenvalue weighted by Crippen LogP contribution is 2.63. The van der Waals surface area contributed by atoms with Crippen molar-refractivity contribution < 1.29 is 0 Å². The molecule has 0 radical (unpaired) electrons. The van der Waals surface area contributed by atoms with E-state index in [-0.39, 0.29) is 0 Å². The third-order valence-electron chi connectivity index (χ3n) is 12.1. The number of rotatable bonds is 4. The summed E-state index contributed by atoms with van der Waals surface area (Å²) in [5, 5.41) is 4.52. The second-order valence-corrected chi connectivity index (χ2v) is 15.0. The van der Waals surface area contributed by atoms with Gasteiger partial charge in [0.2, 0.25) is 0 Å². The van der Waals surface area contributed by atoms with Crippen molar-refractivity contribution in [3.05, 3.63) is 222 Å². The van der Waals surface area contributed by atoms with E-state index >= 15 is 0 Å². The SMILES string of the molecule is c1ccc(-c2nc(-c3ccccc3)nc(-c3c4ccccc4c(-c4ccc5c(c4)C4(c6ccccc6-c6ccccc64)c4ccccc4-5)c4ccccc34)n2)cc1. The van der Waals surface area contributed by atoms with Crippen molar-refractivity contribution in [3.63, 3.8) is 0 Å². The maximum atomic E-state index is 5.24. The predicted molar refractivity (Wildman–Crippen MR) is 233 cm³/mol. The van der Waals surface area contributed by atoms with E-state index < -0.39 is 5.41 Å². The molecule has 12 rings (SSSR count). The van der Waals surface area contributed by atoms with Crippen LogP contribution >= 0.6 is 0 Å². The molecule has 0 amide bonds. The lowest BCUT2D eigenvalue weighted by Crippen LogP contribution is -2.25. The Balaban J connectivity index is 1.15. The molecule has 0 saturated carbocycles. The molecule has 2 aliphatic carbocycles. The van der Waals surface area contributed by atoms with Gasteiger partial charge in [0.25, 0.3) is 0 Å². The lowest BCUT2D eigenvalue weighted by molar-refractivity contribution is 0.794. The molecule has 0 aliphatic heterocycles. The van der Waals surface area contributed by atoms with Crippen molar-refractivity contribution in [2.24, 2.45) is 0 Å². The van der Waals surface area contributed by atoms with Gasteiger partial charge < -0.3 is 0 Å². The Hall–Kier alpha value is -7.49. The van der Waals surface area contributed by atoms with Gasteiger partial charge in [-0.15, -0.1) is 0 Å². The molecule has 0 unspecified atom stereocenters. The van der Waals surface area contributed by atoms with Gasteiger partial charge in [0.15, 0.2) is 17.5 Å². The standard InChI is InChI=1S/C54H33N3/c1-3-17-34(18-4-1)51-55-52(35-19-5-2-6-20-35)57-53(56-51)50-43-26-9-7-24-41(43)49(42-25-8-10-27-44(42)50)36-31-32-40-39-23-13-16-30-47(39)54(48(40)33-36)45-28-14-11-21-37(45)38-22-12-15-29-46(38)54/h1-33H. The van der Waals surface area contributed by atoms with E-state index in [1.807, 2.05) is 36.4 Å². The molecule has 1 spiro atoms. The van der Waals surface area contributed by atoms with Crippen LogP contribution in [0.3, 0.4) is 0 Å². The number of fused-ring (bicyclic) bond motifs is 12. The molecule has 3 heteroatoms. The second-order valence-electron chi connectivity index (χ2n) is 15.0. The van der Waals surface area contributed by atoms with E-state index in [9.17, 15) is 0 Å². The summed E-state index contributed by atoms with van der Waals surface area (Å²) >= 11 is 0. The van der Waals surface area contributed by atoms with Crippen molar-refractivity contribution in [2.75, 3.05) is 0 Å². The zero-order chi connectivity index (χ0) is 37.5. The maximum Gasteiger partial charge on any atom is 0.165 e. The first-order valence-corrected chi connectivity index (χ1v) is 19.5. The van der Waals surface area contributed by atoms with Crippen LogP contribution in [0, 0.1) is 0 Å². The van der Waals surface area contributed by atoms with Gasteiger partial charge in [-0.05, 0) is 83.2 Å². The number of hydrogen-bond donors (Lipinski definition) is 0. The Bertz CT molecular complexity index is 3060. The zero-order valence-corrected chi connectivity index (χ0v) is 30.9. The van der Waals surface area contributed by atoms with Gasteiger partial charge in [-0.1, -0.05) is 194 Å². The Morgan fingerprint density at radius 3 is 1.11 bits per heavy atom. The Morgan fingerprint density at radius 2 is 0.632 bits per heavy atom. The quantitative estimate of drug-likeness (QED) is 0.170. The van der Waals surface area contributed by atoms with E-state index in [0.717, 1.165) is 38.2 Å². The highest BCUT2D eigenvalue weighted by atomic mass is 15.0. The van der Waals surface area contributed by atoms with Gasteiger partial charge in [-0.2, -0.15) is 0 Å². The molecule has 0 bridgehead atoms. The summed E-state index contributed by atoms with van der Waals surface area (Å²) in [6.07, 6.45) is 0. The van der Waals surface area contributed by atoms with Crippen LogP contribution in [-0.4, -0.2) is 15.0 Å². The average Bonchev–Trinajstić information content (AvgIpc) is 3.75. The number of nitrogens with zero attached hydrogens (tertiary/aromatic N) is 3. The number of hydrogen-bond acceptors (Lipinski definition) is 3. The molecule has 2 aliphatic rings. The number of benzene rings is 9. The van der Waals surface area contributed by atoms with Crippen LogP contribution in [-0.2, 0) is 5.41 Å². The fourth-order valence-electron chi connectivity index (χ4n) is 9.85. The van der Waals surface area contributed by atoms with Crippen molar-refractivity contribution in [1.29, 1.82) is 0 Å². The van der Waals surface area contributed by atoms with Crippen molar-refractivity contribution in [3.8, 4) is 67.5 Å². The number of aromatic nitrogens is 3. The summed E-state index contributed by atoms with van der Waals surface area (Å²) in [5.41, 5.74) is 15.4. The average molecular weight is 724 g/mol. The van der Waals surface area contributed by atoms with E-state index in [4.69, 9.17) is 15.0 Å². The van der Waals surface area contributed by atoms with Gasteiger partial charge in [0, 0.05) is 16.7 Å². The molecule has 10 aromatic rings. The largest absolute Gasteiger partial charge is 0.208 e. The Morgan fingerprint density at radius 1 is 0.263 bits per heavy atom. The normalized spacial score (nSPS) is 13.1. The van der Waals surface area contributed by atoms with E-state index in [0.29, 0.717) is 17.5 Å². The molecule has 0 saturated heterocycles. The Kier molecular flexibility index (Phi) is 6.84. The minimum atomic E-state index is -0.423. The second kappa shape index (κ2) is 12.3. The molecule has 57 heavy (non-hydrogen) atoms. The topological polar surface area (TPSA) is 38.7 Å². The molecule has 9 aromatic carbocycles. The molecule has 3 nitrogen and oxygen atoms in total. The molecule has 0 fully saturated rings. The van der Waals surface area contributed by atoms with Crippen molar-refractivity contribution in [1.82, 2.24) is 15.0 Å². The summed E-state index contributed by atoms with van der Waals surface area (Å²) in [5.74, 6) is 1.96. The van der Waals surface area contributed by atoms with Gasteiger partial charge in [-0.25, -0.2) is 15.0 Å². The molecule has 264 valence electrons. The molecule has 1 heterocycles. The van der Waals surface area contributed by atoms with Crippen LogP contribution in [0.15, 0.2) is 200 Å². The Labute approximate surface area is 330 Å². The smallest absolute Gasteiger partial charge is 0.165 e. The molecule has 0 atom stereocenters. The monoisotopic (exact) mass is 723 g/mol. The van der Waals surface area contributed by atoms with Crippen LogP contribution in [0.2, 0.25) is 0 Å². The highest BCUT2D eigenvalue weighted by molar-refractivity contribution is 6.21. The van der Waals surface area contributed by atoms with Gasteiger partial charge >= 0.3 is 0 Å². The van der Waals surface area contributed by atoms with Crippen LogP contribution in [0.1, 0.15) is 22.3 Å². The van der Waals surface area contributed by atoms with Crippen LogP contribution in [0.5, 0.6) is 0 Å². The zero-order valence-electron chi connectivity index (χ0n) is 30.9. The first-order valence-electron chi connectivity index (χ1n) is 19.5. The van der Waals surface area contributed by atoms with E-state index in [1.165, 1.54) is 55.6 Å². The molecule has 1 aromatic heterocycles. The predicted octanol–water partition coefficient (Wildman–Crippen LogP) is 13.2. The summed E-state index contributed by atoms with van der Waals surface area (Å²) in [6.45, 7) is 0. The molecule has 0 N–H and O–H groups in total. The third-order valence-corrected chi connectivity index (χ3v) is 12.1. The maximum absolute atomic E-state index is 5.24. The lowest BCUT2D eigenvalue weighted by Gasteiger charge is -2.30. The summed E-state index contributed by atoms with van der Waals surface area (Å²) < 4.78 is 0. The fraction of sp³-hybridized carbons (Fsp3) is 0.0185. The minimum absolute atomic E-state index is 0.423. The lowest BCUT2D eigenvalue weighted by atomic mass is 9.70. The van der Waals surface area contributed by atoms with Gasteiger partial charge in [-0.3, -0.25) is 0 Å². The fourth-order valence-corrected chi connectivity index (χ4v) is 9.85. The van der Waals surface area contributed by atoms with Gasteiger partial charge in [0.1, 0.15) is 0 Å². The highest BCUT2D eigenvalue weighted by Gasteiger charge is 2.51. The summed E-state index contributed by atoms with van der Waals surface area (Å²) in [6, 6.07) is 72.2. The van der Waals surface area contributed by atoms with Crippen LogP contribution < -0.4 is 0 Å². The third kappa shape index (κ3) is 4.51.